The number of nitrogens with zero attached hydrogens (tertiary/aromatic N) is 1. The maximum Gasteiger partial charge on any atom is 0.472 e. The summed E-state index contributed by atoms with van der Waals surface area (Å²) in [6, 6.07) is 0. The van der Waals surface area contributed by atoms with Crippen molar-refractivity contribution >= 4 is 19.8 Å². The van der Waals surface area contributed by atoms with Crippen molar-refractivity contribution in [3.8, 4) is 0 Å². The predicted octanol–water partition coefficient (Wildman–Crippen LogP) is 12.2. The number of phosphoric ester groups is 1. The van der Waals surface area contributed by atoms with Gasteiger partial charge in [0.05, 0.1) is 27.7 Å². The molecule has 0 aliphatic carbocycles. The van der Waals surface area contributed by atoms with Crippen molar-refractivity contribution in [2.75, 3.05) is 47.5 Å². The van der Waals surface area contributed by atoms with Crippen LogP contribution < -0.4 is 0 Å². The zero-order chi connectivity index (χ0) is 42.1. The summed E-state index contributed by atoms with van der Waals surface area (Å²) < 4.78 is 34.2. The first-order valence-electron chi connectivity index (χ1n) is 21.5. The highest BCUT2D eigenvalue weighted by atomic mass is 31.2. The van der Waals surface area contributed by atoms with E-state index >= 15 is 0 Å². The lowest BCUT2D eigenvalue weighted by Gasteiger charge is -2.24. The molecule has 0 amide bonds. The molecule has 0 bridgehead atoms. The van der Waals surface area contributed by atoms with E-state index < -0.39 is 32.5 Å². The third kappa shape index (κ3) is 42.4. The van der Waals surface area contributed by atoms with E-state index in [9.17, 15) is 19.0 Å². The van der Waals surface area contributed by atoms with Crippen LogP contribution in [0.15, 0.2) is 97.2 Å². The molecule has 0 aliphatic heterocycles. The van der Waals surface area contributed by atoms with Gasteiger partial charge in [-0.2, -0.15) is 0 Å². The Kier molecular flexibility index (Phi) is 36.4. The first-order valence-corrected chi connectivity index (χ1v) is 23.0. The number of carbonyl (C=O) groups is 2. The smallest absolute Gasteiger partial charge is 0.462 e. The van der Waals surface area contributed by atoms with Gasteiger partial charge in [-0.25, -0.2) is 4.57 Å². The van der Waals surface area contributed by atoms with Gasteiger partial charge in [-0.05, 0) is 77.0 Å². The van der Waals surface area contributed by atoms with E-state index in [4.69, 9.17) is 18.5 Å². The minimum absolute atomic E-state index is 0.0101. The average molecular weight is 817 g/mol. The van der Waals surface area contributed by atoms with Crippen LogP contribution in [0.4, 0.5) is 0 Å². The van der Waals surface area contributed by atoms with Crippen LogP contribution in [0.1, 0.15) is 136 Å². The lowest BCUT2D eigenvalue weighted by Crippen LogP contribution is -2.37. The van der Waals surface area contributed by atoms with E-state index in [1.165, 1.54) is 12.8 Å². The Labute approximate surface area is 347 Å². The molecular weight excluding hydrogens is 737 g/mol. The van der Waals surface area contributed by atoms with Crippen LogP contribution in [0, 0.1) is 0 Å². The number of hydrogen-bond acceptors (Lipinski definition) is 7. The molecule has 0 radical (unpaired) electrons. The largest absolute Gasteiger partial charge is 0.472 e. The number of quaternary nitrogens is 1. The van der Waals surface area contributed by atoms with Gasteiger partial charge < -0.3 is 18.9 Å². The highest BCUT2D eigenvalue weighted by molar-refractivity contribution is 7.47. The van der Waals surface area contributed by atoms with Gasteiger partial charge in [0.15, 0.2) is 6.10 Å². The molecule has 0 aliphatic rings. The summed E-state index contributed by atoms with van der Waals surface area (Å²) in [6.07, 6.45) is 50.4. The molecule has 10 heteroatoms. The summed E-state index contributed by atoms with van der Waals surface area (Å²) >= 11 is 0. The summed E-state index contributed by atoms with van der Waals surface area (Å²) in [5.41, 5.74) is 0. The molecule has 0 fully saturated rings. The van der Waals surface area contributed by atoms with E-state index in [1.54, 1.807) is 0 Å². The van der Waals surface area contributed by atoms with E-state index in [-0.39, 0.29) is 26.1 Å². The number of phosphoric acid groups is 1. The van der Waals surface area contributed by atoms with Crippen molar-refractivity contribution in [2.24, 2.45) is 0 Å². The number of esters is 2. The molecule has 0 aromatic carbocycles. The SMILES string of the molecule is CC/C=C\C/C=C\C/C=C\C/C=C\C/C=C\C/C=C\CCC(=O)O[C@H](COC(=O)CCCCCCC/C=C\C/C=C\CCCC)COP(=O)(O)OCC[N+](C)(C)C. The van der Waals surface area contributed by atoms with Crippen LogP contribution in [0.25, 0.3) is 0 Å². The lowest BCUT2D eigenvalue weighted by molar-refractivity contribution is -0.870. The van der Waals surface area contributed by atoms with Crippen LogP contribution >= 0.6 is 7.82 Å². The Bertz CT molecular complexity index is 1290. The fourth-order valence-corrected chi connectivity index (χ4v) is 5.74. The van der Waals surface area contributed by atoms with Gasteiger partial charge in [0.1, 0.15) is 19.8 Å². The molecule has 9 nitrogen and oxygen atoms in total. The van der Waals surface area contributed by atoms with Crippen molar-refractivity contribution in [3.05, 3.63) is 97.2 Å². The molecule has 57 heavy (non-hydrogen) atoms. The highest BCUT2D eigenvalue weighted by Gasteiger charge is 2.27. The molecule has 0 saturated heterocycles. The molecule has 1 unspecified atom stereocenters. The molecule has 0 spiro atoms. The van der Waals surface area contributed by atoms with Crippen molar-refractivity contribution in [3.63, 3.8) is 0 Å². The maximum atomic E-state index is 12.7. The third-order valence-corrected chi connectivity index (χ3v) is 9.35. The Balaban J connectivity index is 4.55. The standard InChI is InChI=1S/C47H78NO8P/c1-6-8-10-12-14-16-18-20-22-23-24-25-26-28-30-32-34-36-38-40-47(50)56-45(44-55-57(51,52)54-42-41-48(3,4)5)43-53-46(49)39-37-35-33-31-29-27-21-19-17-15-13-11-9-7-2/h8,10,13-16,19-22,24-25,28,30,34,36,45H,6-7,9,11-12,17-18,23,26-27,29,31-33,35,37-44H2,1-5H3/p+1/b10-8-,15-13-,16-14-,21-19-,22-20-,25-24-,30-28-,36-34-/t45-/m1/s1. The van der Waals surface area contributed by atoms with E-state index in [0.717, 1.165) is 83.5 Å². The number of carbonyl (C=O) groups excluding carboxylic acids is 2. The maximum absolute atomic E-state index is 12.7. The first-order chi connectivity index (χ1) is 27.5. The number of hydrogen-bond donors (Lipinski definition) is 1. The monoisotopic (exact) mass is 817 g/mol. The fourth-order valence-electron chi connectivity index (χ4n) is 5.00. The molecule has 324 valence electrons. The molecule has 0 saturated carbocycles. The zero-order valence-corrected chi connectivity index (χ0v) is 37.2. The number of rotatable bonds is 37. The molecule has 2 atom stereocenters. The molecule has 0 aromatic rings. The van der Waals surface area contributed by atoms with Gasteiger partial charge in [-0.15, -0.1) is 0 Å². The first kappa shape index (κ1) is 53.9. The minimum Gasteiger partial charge on any atom is -0.462 e. The Hall–Kier alpha value is -3.07. The molecule has 0 heterocycles. The minimum atomic E-state index is -4.40. The van der Waals surface area contributed by atoms with Gasteiger partial charge in [0.2, 0.25) is 0 Å². The van der Waals surface area contributed by atoms with Gasteiger partial charge in [-0.1, -0.05) is 143 Å². The normalized spacial score (nSPS) is 14.6. The van der Waals surface area contributed by atoms with Crippen LogP contribution in [0.3, 0.4) is 0 Å². The van der Waals surface area contributed by atoms with Gasteiger partial charge in [0.25, 0.3) is 0 Å². The van der Waals surface area contributed by atoms with E-state index in [2.05, 4.69) is 98.9 Å². The Morgan fingerprint density at radius 3 is 1.56 bits per heavy atom. The fraction of sp³-hybridized carbons (Fsp3) is 0.617. The van der Waals surface area contributed by atoms with Crippen molar-refractivity contribution in [1.82, 2.24) is 0 Å². The van der Waals surface area contributed by atoms with Crippen LogP contribution in [0.5, 0.6) is 0 Å². The topological polar surface area (TPSA) is 108 Å². The Morgan fingerprint density at radius 2 is 1.04 bits per heavy atom. The zero-order valence-electron chi connectivity index (χ0n) is 36.3. The number of unbranched alkanes of at least 4 members (excludes halogenated alkanes) is 7. The third-order valence-electron chi connectivity index (χ3n) is 8.36. The van der Waals surface area contributed by atoms with Crippen LogP contribution in [-0.2, 0) is 32.7 Å². The van der Waals surface area contributed by atoms with Gasteiger partial charge in [-0.3, -0.25) is 18.6 Å². The molecule has 1 N–H and O–H groups in total. The highest BCUT2D eigenvalue weighted by Crippen LogP contribution is 2.43. The summed E-state index contributed by atoms with van der Waals surface area (Å²) in [6.45, 7) is 4.13. The number of ether oxygens (including phenoxy) is 2. The second-order valence-corrected chi connectivity index (χ2v) is 16.4. The summed E-state index contributed by atoms with van der Waals surface area (Å²) in [5, 5.41) is 0. The van der Waals surface area contributed by atoms with Crippen molar-refractivity contribution in [2.45, 2.75) is 142 Å². The Morgan fingerprint density at radius 1 is 0.561 bits per heavy atom. The van der Waals surface area contributed by atoms with Crippen LogP contribution in [-0.4, -0.2) is 74.9 Å². The summed E-state index contributed by atoms with van der Waals surface area (Å²) in [4.78, 5) is 35.3. The summed E-state index contributed by atoms with van der Waals surface area (Å²) in [5.74, 6) is -0.925. The number of allylic oxidation sites excluding steroid dienone is 16. The second-order valence-electron chi connectivity index (χ2n) is 15.0. The van der Waals surface area contributed by atoms with Crippen LogP contribution in [0.2, 0.25) is 0 Å². The molecular formula is C47H79NO8P+. The summed E-state index contributed by atoms with van der Waals surface area (Å²) in [7, 11) is 1.40. The molecule has 0 rings (SSSR count). The van der Waals surface area contributed by atoms with Crippen molar-refractivity contribution < 1.29 is 42.1 Å². The van der Waals surface area contributed by atoms with E-state index in [1.807, 2.05) is 33.3 Å². The van der Waals surface area contributed by atoms with E-state index in [0.29, 0.717) is 23.9 Å². The number of likely N-dealkylation sites (N-methyl/N-ethyl adjacent to an activating group) is 1. The lowest BCUT2D eigenvalue weighted by atomic mass is 10.1. The average Bonchev–Trinajstić information content (AvgIpc) is 3.16. The van der Waals surface area contributed by atoms with Gasteiger partial charge >= 0.3 is 19.8 Å². The second kappa shape index (κ2) is 38.4. The van der Waals surface area contributed by atoms with Crippen molar-refractivity contribution in [1.29, 1.82) is 0 Å². The quantitative estimate of drug-likeness (QED) is 0.0217. The molecule has 0 aromatic heterocycles. The predicted molar refractivity (Wildman–Crippen MR) is 238 cm³/mol. The van der Waals surface area contributed by atoms with Gasteiger partial charge in [0, 0.05) is 12.8 Å².